The lowest BCUT2D eigenvalue weighted by atomic mass is 10.0. The highest BCUT2D eigenvalue weighted by molar-refractivity contribution is 5.01. The fourth-order valence-corrected chi connectivity index (χ4v) is 2.14. The van der Waals surface area contributed by atoms with Gasteiger partial charge in [0.2, 0.25) is 0 Å². The van der Waals surface area contributed by atoms with E-state index in [1.165, 1.54) is 19.3 Å². The van der Waals surface area contributed by atoms with Crippen LogP contribution >= 0.6 is 0 Å². The van der Waals surface area contributed by atoms with E-state index in [9.17, 15) is 0 Å². The van der Waals surface area contributed by atoms with Gasteiger partial charge in [-0.15, -0.1) is 0 Å². The lowest BCUT2D eigenvalue weighted by Gasteiger charge is -2.23. The van der Waals surface area contributed by atoms with E-state index in [0.29, 0.717) is 12.1 Å². The van der Waals surface area contributed by atoms with Crippen molar-refractivity contribution in [1.82, 2.24) is 5.32 Å². The fraction of sp³-hybridized carbons (Fsp3) is 0.538. The molecule has 82 valence electrons. The number of allylic oxidation sites excluding steroid dienone is 1. The largest absolute Gasteiger partial charge is 0.469 e. The van der Waals surface area contributed by atoms with Gasteiger partial charge in [0.1, 0.15) is 5.76 Å². The first-order valence-electron chi connectivity index (χ1n) is 5.78. The van der Waals surface area contributed by atoms with Gasteiger partial charge in [-0.3, -0.25) is 0 Å². The molecular weight excluding hydrogens is 186 g/mol. The van der Waals surface area contributed by atoms with Crippen molar-refractivity contribution in [2.75, 3.05) is 0 Å². The van der Waals surface area contributed by atoms with Crippen LogP contribution in [-0.4, -0.2) is 12.1 Å². The molecule has 1 aliphatic rings. The molecule has 0 spiro atoms. The lowest BCUT2D eigenvalue weighted by molar-refractivity contribution is 0.393. The van der Waals surface area contributed by atoms with E-state index in [2.05, 4.69) is 24.4 Å². The van der Waals surface area contributed by atoms with E-state index >= 15 is 0 Å². The van der Waals surface area contributed by atoms with Crippen molar-refractivity contribution in [3.05, 3.63) is 36.3 Å². The van der Waals surface area contributed by atoms with Crippen LogP contribution in [0.1, 0.15) is 31.9 Å². The molecule has 0 saturated carbocycles. The summed E-state index contributed by atoms with van der Waals surface area (Å²) in [6.45, 7) is 2.22. The van der Waals surface area contributed by atoms with Crippen molar-refractivity contribution in [1.29, 1.82) is 0 Å². The van der Waals surface area contributed by atoms with Gasteiger partial charge in [-0.05, 0) is 38.3 Å². The van der Waals surface area contributed by atoms with Gasteiger partial charge in [-0.1, -0.05) is 12.2 Å². The Balaban J connectivity index is 1.76. The molecule has 2 nitrogen and oxygen atoms in total. The second kappa shape index (κ2) is 5.17. The minimum Gasteiger partial charge on any atom is -0.469 e. The maximum Gasteiger partial charge on any atom is 0.105 e. The summed E-state index contributed by atoms with van der Waals surface area (Å²) < 4.78 is 5.34. The molecular formula is C13H19NO. The van der Waals surface area contributed by atoms with Crippen LogP contribution in [0.4, 0.5) is 0 Å². The van der Waals surface area contributed by atoms with Crippen LogP contribution in [0.2, 0.25) is 0 Å². The average Bonchev–Trinajstić information content (AvgIpc) is 2.71. The minimum absolute atomic E-state index is 0.493. The first-order chi connectivity index (χ1) is 7.34. The summed E-state index contributed by atoms with van der Waals surface area (Å²) in [4.78, 5) is 0. The van der Waals surface area contributed by atoms with Gasteiger partial charge < -0.3 is 9.73 Å². The smallest absolute Gasteiger partial charge is 0.105 e. The Morgan fingerprint density at radius 3 is 3.13 bits per heavy atom. The zero-order chi connectivity index (χ0) is 10.5. The zero-order valence-corrected chi connectivity index (χ0v) is 9.28. The Bertz CT molecular complexity index is 302. The third-order valence-electron chi connectivity index (χ3n) is 2.88. The first-order valence-corrected chi connectivity index (χ1v) is 5.78. The first kappa shape index (κ1) is 10.5. The Hall–Kier alpha value is -1.02. The Labute approximate surface area is 91.4 Å². The molecule has 2 rings (SSSR count). The van der Waals surface area contributed by atoms with Gasteiger partial charge in [-0.2, -0.15) is 0 Å². The summed E-state index contributed by atoms with van der Waals surface area (Å²) in [7, 11) is 0. The molecule has 1 aromatic rings. The van der Waals surface area contributed by atoms with Crippen LogP contribution < -0.4 is 5.32 Å². The topological polar surface area (TPSA) is 25.2 Å². The highest BCUT2D eigenvalue weighted by Crippen LogP contribution is 2.12. The number of hydrogen-bond donors (Lipinski definition) is 1. The molecule has 0 radical (unpaired) electrons. The third-order valence-corrected chi connectivity index (χ3v) is 2.88. The molecule has 1 heterocycles. The van der Waals surface area contributed by atoms with Gasteiger partial charge in [0.25, 0.3) is 0 Å². The number of hydrogen-bond acceptors (Lipinski definition) is 2. The molecule has 2 heteroatoms. The van der Waals surface area contributed by atoms with Gasteiger partial charge in [0.15, 0.2) is 0 Å². The monoisotopic (exact) mass is 205 g/mol. The molecule has 0 fully saturated rings. The zero-order valence-electron chi connectivity index (χ0n) is 9.28. The van der Waals surface area contributed by atoms with E-state index < -0.39 is 0 Å². The van der Waals surface area contributed by atoms with Crippen molar-refractivity contribution < 1.29 is 4.42 Å². The van der Waals surface area contributed by atoms with E-state index in [0.717, 1.165) is 12.2 Å². The van der Waals surface area contributed by atoms with Crippen LogP contribution in [-0.2, 0) is 6.42 Å². The molecule has 2 unspecified atom stereocenters. The van der Waals surface area contributed by atoms with Crippen molar-refractivity contribution in [2.24, 2.45) is 0 Å². The van der Waals surface area contributed by atoms with Crippen LogP contribution in [0.25, 0.3) is 0 Å². The van der Waals surface area contributed by atoms with Crippen LogP contribution in [0.15, 0.2) is 35.0 Å². The highest BCUT2D eigenvalue weighted by Gasteiger charge is 2.13. The van der Waals surface area contributed by atoms with Crippen LogP contribution in [0.5, 0.6) is 0 Å². The highest BCUT2D eigenvalue weighted by atomic mass is 16.3. The summed E-state index contributed by atoms with van der Waals surface area (Å²) in [6, 6.07) is 5.14. The van der Waals surface area contributed by atoms with Crippen molar-refractivity contribution >= 4 is 0 Å². The van der Waals surface area contributed by atoms with Crippen molar-refractivity contribution in [3.63, 3.8) is 0 Å². The maximum atomic E-state index is 5.34. The Morgan fingerprint density at radius 2 is 2.47 bits per heavy atom. The Morgan fingerprint density at radius 1 is 1.53 bits per heavy atom. The predicted molar refractivity (Wildman–Crippen MR) is 61.8 cm³/mol. The minimum atomic E-state index is 0.493. The van der Waals surface area contributed by atoms with Gasteiger partial charge in [0.05, 0.1) is 6.26 Å². The van der Waals surface area contributed by atoms with Crippen molar-refractivity contribution in [3.8, 4) is 0 Å². The Kier molecular flexibility index (Phi) is 3.62. The molecule has 0 saturated heterocycles. The number of nitrogens with one attached hydrogen (secondary N) is 1. The summed E-state index contributed by atoms with van der Waals surface area (Å²) >= 11 is 0. The normalized spacial score (nSPS) is 22.9. The number of rotatable bonds is 4. The SMILES string of the molecule is CC(Cc1ccco1)NC1CC=CCC1. The molecule has 2 atom stereocenters. The second-order valence-corrected chi connectivity index (χ2v) is 4.33. The maximum absolute atomic E-state index is 5.34. The van der Waals surface area contributed by atoms with Crippen LogP contribution in [0.3, 0.4) is 0 Å². The molecule has 1 aliphatic carbocycles. The molecule has 1 N–H and O–H groups in total. The van der Waals surface area contributed by atoms with Gasteiger partial charge in [0, 0.05) is 18.5 Å². The molecule has 0 bridgehead atoms. The predicted octanol–water partition coefficient (Wildman–Crippen LogP) is 2.91. The van der Waals surface area contributed by atoms with Gasteiger partial charge >= 0.3 is 0 Å². The summed E-state index contributed by atoms with van der Waals surface area (Å²) in [5, 5.41) is 3.65. The summed E-state index contributed by atoms with van der Waals surface area (Å²) in [5.74, 6) is 1.07. The quantitative estimate of drug-likeness (QED) is 0.765. The third kappa shape index (κ3) is 3.24. The second-order valence-electron chi connectivity index (χ2n) is 4.33. The van der Waals surface area contributed by atoms with E-state index in [-0.39, 0.29) is 0 Å². The summed E-state index contributed by atoms with van der Waals surface area (Å²) in [6.07, 6.45) is 10.9. The van der Waals surface area contributed by atoms with Crippen LogP contribution in [0, 0.1) is 0 Å². The van der Waals surface area contributed by atoms with E-state index in [1.54, 1.807) is 6.26 Å². The van der Waals surface area contributed by atoms with Gasteiger partial charge in [-0.25, -0.2) is 0 Å². The molecule has 0 aliphatic heterocycles. The molecule has 0 amide bonds. The summed E-state index contributed by atoms with van der Waals surface area (Å²) in [5.41, 5.74) is 0. The van der Waals surface area contributed by atoms with E-state index in [4.69, 9.17) is 4.42 Å². The van der Waals surface area contributed by atoms with Crippen molar-refractivity contribution in [2.45, 2.75) is 44.7 Å². The molecule has 15 heavy (non-hydrogen) atoms. The molecule has 0 aromatic carbocycles. The fourth-order valence-electron chi connectivity index (χ4n) is 2.14. The number of furan rings is 1. The molecule has 1 aromatic heterocycles. The average molecular weight is 205 g/mol. The standard InChI is InChI=1S/C13H19NO/c1-11(10-13-8-5-9-15-13)14-12-6-3-2-4-7-12/h2-3,5,8-9,11-12,14H,4,6-7,10H2,1H3. The lowest BCUT2D eigenvalue weighted by Crippen LogP contribution is -2.38. The van der Waals surface area contributed by atoms with E-state index in [1.807, 2.05) is 12.1 Å².